The van der Waals surface area contributed by atoms with Crippen LogP contribution in [0.15, 0.2) is 0 Å². The number of primary amides is 1. The second-order valence-electron chi connectivity index (χ2n) is 16.2. The first-order valence-corrected chi connectivity index (χ1v) is 16.5. The molecule has 45 heavy (non-hydrogen) atoms. The molecular formula is C33H53N5O7. The van der Waals surface area contributed by atoms with E-state index in [-0.39, 0.29) is 29.6 Å². The standard InChI is InChI=1S/C33H53N5O7/c1-17-19-16-38(22(21(17)19)27(41)35-20(15-18-11-12-18)23(39)26(34)40)28(42)24(33(8)13-9-10-14-33)36-30(44)37-25(31(2,3)4)29(43)45-32(5,6)7/h17-22,24-25H,9-16H2,1-8H3,(H2,34,40)(H,35,41)(H2,36,37,44)/t17?,19-,20?,21+,22+,24-,25-/m1/s1. The highest BCUT2D eigenvalue weighted by Crippen LogP contribution is 2.56. The topological polar surface area (TPSA) is 177 Å². The van der Waals surface area contributed by atoms with Gasteiger partial charge in [-0.2, -0.15) is 0 Å². The Labute approximate surface area is 266 Å². The van der Waals surface area contributed by atoms with E-state index >= 15 is 0 Å². The lowest BCUT2D eigenvalue weighted by Gasteiger charge is -2.39. The van der Waals surface area contributed by atoms with Crippen molar-refractivity contribution >= 4 is 35.5 Å². The van der Waals surface area contributed by atoms with Crippen molar-refractivity contribution in [3.05, 3.63) is 0 Å². The molecule has 4 rings (SSSR count). The van der Waals surface area contributed by atoms with E-state index in [1.165, 1.54) is 0 Å². The van der Waals surface area contributed by atoms with E-state index < -0.39 is 70.2 Å². The Hall–Kier alpha value is -3.18. The second-order valence-corrected chi connectivity index (χ2v) is 16.2. The lowest BCUT2D eigenvalue weighted by molar-refractivity contribution is -0.160. The molecule has 0 spiro atoms. The molecule has 0 aromatic heterocycles. The van der Waals surface area contributed by atoms with Crippen LogP contribution < -0.4 is 21.7 Å². The van der Waals surface area contributed by atoms with E-state index in [1.807, 2.05) is 34.6 Å². The molecule has 5 N–H and O–H groups in total. The summed E-state index contributed by atoms with van der Waals surface area (Å²) in [6, 6.07) is -4.45. The number of piperidine rings is 1. The van der Waals surface area contributed by atoms with Gasteiger partial charge in [0.25, 0.3) is 5.91 Å². The molecule has 0 bridgehead atoms. The van der Waals surface area contributed by atoms with Crippen molar-refractivity contribution in [1.29, 1.82) is 0 Å². The zero-order valence-electron chi connectivity index (χ0n) is 28.2. The van der Waals surface area contributed by atoms with Crippen LogP contribution >= 0.6 is 0 Å². The number of ether oxygens (including phenoxy) is 1. The number of urea groups is 1. The van der Waals surface area contributed by atoms with E-state index in [1.54, 1.807) is 25.7 Å². The Morgan fingerprint density at radius 3 is 2.07 bits per heavy atom. The highest BCUT2D eigenvalue weighted by molar-refractivity contribution is 6.37. The summed E-state index contributed by atoms with van der Waals surface area (Å²) in [6.07, 6.45) is 5.41. The number of carbonyl (C=O) groups excluding carboxylic acids is 6. The summed E-state index contributed by atoms with van der Waals surface area (Å²) in [4.78, 5) is 80.8. The molecule has 12 heteroatoms. The molecule has 5 amide bonds. The average molecular weight is 632 g/mol. The summed E-state index contributed by atoms with van der Waals surface area (Å²) in [6.45, 7) is 15.1. The van der Waals surface area contributed by atoms with Crippen molar-refractivity contribution in [2.24, 2.45) is 40.2 Å². The molecule has 1 heterocycles. The quantitative estimate of drug-likeness (QED) is 0.200. The monoisotopic (exact) mass is 631 g/mol. The molecule has 12 nitrogen and oxygen atoms in total. The third kappa shape index (κ3) is 7.98. The van der Waals surface area contributed by atoms with Gasteiger partial charge in [-0.25, -0.2) is 9.59 Å². The number of hydrogen-bond donors (Lipinski definition) is 4. The summed E-state index contributed by atoms with van der Waals surface area (Å²) < 4.78 is 5.58. The van der Waals surface area contributed by atoms with Crippen LogP contribution in [0.1, 0.15) is 100 Å². The summed E-state index contributed by atoms with van der Waals surface area (Å²) >= 11 is 0. The van der Waals surface area contributed by atoms with Gasteiger partial charge in [0.2, 0.25) is 17.6 Å². The Morgan fingerprint density at radius 1 is 0.956 bits per heavy atom. The fraction of sp³-hybridized carbons (Fsp3) is 0.818. The summed E-state index contributed by atoms with van der Waals surface area (Å²) in [5, 5.41) is 8.45. The normalized spacial score (nSPS) is 27.4. The van der Waals surface area contributed by atoms with Crippen molar-refractivity contribution in [3.8, 4) is 0 Å². The fourth-order valence-corrected chi connectivity index (χ4v) is 7.29. The van der Waals surface area contributed by atoms with E-state index in [9.17, 15) is 28.8 Å². The molecule has 0 aromatic carbocycles. The molecule has 4 aliphatic rings. The molecular weight excluding hydrogens is 578 g/mol. The molecule has 1 aliphatic heterocycles. The van der Waals surface area contributed by atoms with E-state index in [0.29, 0.717) is 25.8 Å². The van der Waals surface area contributed by atoms with Gasteiger partial charge in [0.05, 0.1) is 6.04 Å². The number of fused-ring (bicyclic) bond motifs is 1. The average Bonchev–Trinajstić information content (AvgIpc) is 3.72. The SMILES string of the molecule is CC1[C@H]2[C@@H]1CN(C(=O)[C@@H](NC(=O)N[C@H](C(=O)OC(C)(C)C)C(C)(C)C)C1(C)CCCC1)[C@@H]2C(=O)NC(CC1CC1)C(=O)C(N)=O. The maximum Gasteiger partial charge on any atom is 0.329 e. The maximum absolute atomic E-state index is 14.5. The number of ketones is 1. The number of amides is 5. The van der Waals surface area contributed by atoms with Crippen LogP contribution in [0.4, 0.5) is 4.79 Å². The highest BCUT2D eigenvalue weighted by Gasteiger charge is 2.63. The number of nitrogens with zero attached hydrogens (tertiary/aromatic N) is 1. The van der Waals surface area contributed by atoms with E-state index in [0.717, 1.165) is 25.7 Å². The summed E-state index contributed by atoms with van der Waals surface area (Å²) in [5.74, 6) is -2.82. The minimum absolute atomic E-state index is 0.0810. The van der Waals surface area contributed by atoms with E-state index in [4.69, 9.17) is 10.5 Å². The Bertz CT molecular complexity index is 1210. The lowest BCUT2D eigenvalue weighted by atomic mass is 9.79. The molecule has 252 valence electrons. The molecule has 0 radical (unpaired) electrons. The van der Waals surface area contributed by atoms with Gasteiger partial charge in [0.15, 0.2) is 0 Å². The third-order valence-corrected chi connectivity index (χ3v) is 10.2. The van der Waals surface area contributed by atoms with Crippen molar-refractivity contribution in [2.75, 3.05) is 6.54 Å². The van der Waals surface area contributed by atoms with Crippen LogP contribution in [-0.2, 0) is 28.7 Å². The predicted octanol–water partition coefficient (Wildman–Crippen LogP) is 2.42. The first-order chi connectivity index (χ1) is 20.7. The number of rotatable bonds is 11. The van der Waals surface area contributed by atoms with Gasteiger partial charge >= 0.3 is 12.0 Å². The minimum atomic E-state index is -1.10. The predicted molar refractivity (Wildman–Crippen MR) is 166 cm³/mol. The number of hydrogen-bond acceptors (Lipinski definition) is 7. The van der Waals surface area contributed by atoms with Crippen molar-refractivity contribution in [2.45, 2.75) is 130 Å². The van der Waals surface area contributed by atoms with Crippen LogP contribution in [0, 0.1) is 34.5 Å². The molecule has 1 saturated heterocycles. The Kier molecular flexibility index (Phi) is 9.67. The van der Waals surface area contributed by atoms with Crippen molar-refractivity contribution in [3.63, 3.8) is 0 Å². The Balaban J connectivity index is 1.55. The fourth-order valence-electron chi connectivity index (χ4n) is 7.29. The van der Waals surface area contributed by atoms with Crippen LogP contribution in [-0.4, -0.2) is 76.7 Å². The van der Waals surface area contributed by atoms with Crippen LogP contribution in [0.3, 0.4) is 0 Å². The highest BCUT2D eigenvalue weighted by atomic mass is 16.6. The molecule has 3 saturated carbocycles. The van der Waals surface area contributed by atoms with Gasteiger partial charge in [-0.15, -0.1) is 0 Å². The first-order valence-electron chi connectivity index (χ1n) is 16.5. The van der Waals surface area contributed by atoms with Gasteiger partial charge in [-0.05, 0) is 74.5 Å². The summed E-state index contributed by atoms with van der Waals surface area (Å²) in [7, 11) is 0. The van der Waals surface area contributed by atoms with Gasteiger partial charge in [-0.1, -0.05) is 60.3 Å². The molecule has 3 aliphatic carbocycles. The van der Waals surface area contributed by atoms with Crippen molar-refractivity contribution in [1.82, 2.24) is 20.9 Å². The largest absolute Gasteiger partial charge is 0.458 e. The van der Waals surface area contributed by atoms with Gasteiger partial charge in [0, 0.05) is 6.54 Å². The third-order valence-electron chi connectivity index (χ3n) is 10.2. The number of nitrogens with two attached hydrogens (primary N) is 1. The number of nitrogens with one attached hydrogen (secondary N) is 3. The van der Waals surface area contributed by atoms with Gasteiger partial charge < -0.3 is 31.3 Å². The number of likely N-dealkylation sites (tertiary alicyclic amines) is 1. The van der Waals surface area contributed by atoms with Gasteiger partial charge in [-0.3, -0.25) is 19.2 Å². The van der Waals surface area contributed by atoms with Crippen LogP contribution in [0.25, 0.3) is 0 Å². The molecule has 4 fully saturated rings. The van der Waals surface area contributed by atoms with Crippen molar-refractivity contribution < 1.29 is 33.5 Å². The lowest BCUT2D eigenvalue weighted by Crippen LogP contribution is -2.63. The second kappa shape index (κ2) is 12.5. The number of carbonyl (C=O) groups is 6. The number of esters is 1. The zero-order valence-corrected chi connectivity index (χ0v) is 28.2. The van der Waals surface area contributed by atoms with Gasteiger partial charge in [0.1, 0.15) is 23.7 Å². The van der Waals surface area contributed by atoms with Crippen LogP contribution in [0.2, 0.25) is 0 Å². The first kappa shape index (κ1) is 34.7. The maximum atomic E-state index is 14.5. The smallest absolute Gasteiger partial charge is 0.329 e. The number of Topliss-reactive ketones (excluding diaryl/α,β-unsaturated/α-hetero) is 1. The minimum Gasteiger partial charge on any atom is -0.458 e. The molecule has 7 atom stereocenters. The molecule has 2 unspecified atom stereocenters. The molecule has 0 aromatic rings. The van der Waals surface area contributed by atoms with Crippen LogP contribution in [0.5, 0.6) is 0 Å². The summed E-state index contributed by atoms with van der Waals surface area (Å²) in [5.41, 5.74) is 3.31. The Morgan fingerprint density at radius 2 is 1.56 bits per heavy atom. The zero-order chi connectivity index (χ0) is 33.6. The van der Waals surface area contributed by atoms with E-state index in [2.05, 4.69) is 16.0 Å².